The highest BCUT2D eigenvalue weighted by Gasteiger charge is 2.47. The summed E-state index contributed by atoms with van der Waals surface area (Å²) in [6, 6.07) is 7.73. The van der Waals surface area contributed by atoms with Crippen LogP contribution in [0.4, 0.5) is 4.39 Å². The molecular weight excluding hydrogens is 514 g/mol. The zero-order chi connectivity index (χ0) is 28.4. The Labute approximate surface area is 215 Å². The van der Waals surface area contributed by atoms with Crippen LogP contribution in [0.2, 0.25) is 0 Å². The zero-order valence-corrected chi connectivity index (χ0v) is 21.8. The second-order valence-electron chi connectivity index (χ2n) is 8.65. The maximum atomic E-state index is 15.1. The van der Waals surface area contributed by atoms with E-state index < -0.39 is 68.6 Å². The second kappa shape index (κ2) is 11.8. The number of halogens is 1. The second-order valence-corrected chi connectivity index (χ2v) is 11.0. The highest BCUT2D eigenvalue weighted by molar-refractivity contribution is 7.71. The van der Waals surface area contributed by atoms with Gasteiger partial charge in [-0.15, -0.1) is 0 Å². The van der Waals surface area contributed by atoms with E-state index in [0.29, 0.717) is 5.56 Å². The van der Waals surface area contributed by atoms with Gasteiger partial charge in [0.15, 0.2) is 12.4 Å². The molecule has 198 valence electrons. The van der Waals surface area contributed by atoms with E-state index in [0.717, 1.165) is 4.57 Å². The highest BCUT2D eigenvalue weighted by atomic mass is 32.1. The van der Waals surface area contributed by atoms with Crippen molar-refractivity contribution in [3.8, 4) is 5.75 Å². The molecule has 1 unspecified atom stereocenters. The third-order valence-electron chi connectivity index (χ3n) is 5.16. The van der Waals surface area contributed by atoms with Gasteiger partial charge in [-0.3, -0.25) is 18.9 Å². The number of aliphatic hydroxyl groups is 1. The maximum Gasteiger partial charge on any atom is 0.380 e. The lowest BCUT2D eigenvalue weighted by Gasteiger charge is -2.24. The Morgan fingerprint density at radius 1 is 1.36 bits per heavy atom. The summed E-state index contributed by atoms with van der Waals surface area (Å²) in [5.74, 6) is -1.68. The molecule has 10 nitrogen and oxygen atoms in total. The normalized spacial score (nSPS) is 25.5. The lowest BCUT2D eigenvalue weighted by Crippen LogP contribution is -2.34. The van der Waals surface area contributed by atoms with Crippen LogP contribution in [0.3, 0.4) is 0 Å². The lowest BCUT2D eigenvalue weighted by atomic mass is 10.1. The van der Waals surface area contributed by atoms with Gasteiger partial charge in [-0.25, -0.2) is 13.8 Å². The number of carbonyl (C=O) groups is 1. The number of rotatable bonds is 10. The molecule has 2 aromatic rings. The standard InChI is InChI=1S/C23H30FN2O8PS/c1-13(2)32-22(28)15(4)12-35(30,34-16-8-6-5-7-9-16)31-11-17-19(27)18(24)21(33-17)26-10-14(3)20(36)25-23(26)29/h5-10,13,15,17-19,21,27H,11-12H2,1-4H3,(H,25,29,36)/t15-,17+,18-,19?,21+,35-/m1/s1/i11D2. The van der Waals surface area contributed by atoms with Crippen LogP contribution in [0.1, 0.15) is 35.3 Å². The molecule has 2 N–H and O–H groups in total. The van der Waals surface area contributed by atoms with Crippen LogP contribution in [0.25, 0.3) is 0 Å². The number of nitrogens with zero attached hydrogens (tertiary/aromatic N) is 1. The highest BCUT2D eigenvalue weighted by Crippen LogP contribution is 2.50. The first-order valence-corrected chi connectivity index (χ1v) is 13.3. The topological polar surface area (TPSA) is 129 Å². The number of alkyl halides is 1. The molecule has 0 amide bonds. The molecule has 1 aliphatic heterocycles. The number of ether oxygens (including phenoxy) is 2. The van der Waals surface area contributed by atoms with Crippen molar-refractivity contribution in [3.05, 3.63) is 57.2 Å². The molecule has 36 heavy (non-hydrogen) atoms. The molecule has 1 fully saturated rings. The Balaban J connectivity index is 1.90. The number of aromatic amines is 1. The molecule has 0 spiro atoms. The fourth-order valence-corrected chi connectivity index (χ4v) is 5.21. The average molecular weight is 547 g/mol. The molecule has 3 rings (SSSR count). The Morgan fingerprint density at radius 2 is 2.03 bits per heavy atom. The van der Waals surface area contributed by atoms with E-state index in [1.807, 2.05) is 0 Å². The van der Waals surface area contributed by atoms with E-state index >= 15 is 4.39 Å². The summed E-state index contributed by atoms with van der Waals surface area (Å²) in [6.07, 6.45) is -7.95. The van der Waals surface area contributed by atoms with Gasteiger partial charge in [0.1, 0.15) is 22.6 Å². The van der Waals surface area contributed by atoms with Crippen LogP contribution < -0.4 is 10.2 Å². The quantitative estimate of drug-likeness (QED) is 0.260. The zero-order valence-electron chi connectivity index (χ0n) is 22.1. The molecule has 1 aromatic heterocycles. The molecule has 2 heterocycles. The van der Waals surface area contributed by atoms with Crippen molar-refractivity contribution in [2.75, 3.05) is 12.7 Å². The average Bonchev–Trinajstić information content (AvgIpc) is 3.11. The van der Waals surface area contributed by atoms with E-state index in [9.17, 15) is 19.3 Å². The number of esters is 1. The van der Waals surface area contributed by atoms with Crippen molar-refractivity contribution >= 4 is 25.8 Å². The fraction of sp³-hybridized carbons (Fsp3) is 0.522. The number of carbonyl (C=O) groups excluding carboxylic acids is 1. The first kappa shape index (κ1) is 25.3. The number of benzene rings is 1. The summed E-state index contributed by atoms with van der Waals surface area (Å²) in [5.41, 5.74) is -0.422. The van der Waals surface area contributed by atoms with Crippen LogP contribution in [0.15, 0.2) is 41.3 Å². The molecule has 13 heteroatoms. The van der Waals surface area contributed by atoms with Crippen LogP contribution in [0, 0.1) is 17.5 Å². The lowest BCUT2D eigenvalue weighted by molar-refractivity contribution is -0.151. The molecule has 0 aliphatic carbocycles. The smallest absolute Gasteiger partial charge is 0.380 e. The number of aromatic nitrogens is 2. The number of H-pyrrole nitrogens is 1. The summed E-state index contributed by atoms with van der Waals surface area (Å²) in [6.45, 7) is 3.15. The largest absolute Gasteiger partial charge is 0.463 e. The Morgan fingerprint density at radius 3 is 2.67 bits per heavy atom. The molecule has 6 atom stereocenters. The van der Waals surface area contributed by atoms with Gasteiger partial charge in [-0.1, -0.05) is 37.3 Å². The van der Waals surface area contributed by atoms with Gasteiger partial charge in [0.2, 0.25) is 0 Å². The van der Waals surface area contributed by atoms with Gasteiger partial charge in [-0.05, 0) is 32.9 Å². The third kappa shape index (κ3) is 6.89. The monoisotopic (exact) mass is 546 g/mol. The van der Waals surface area contributed by atoms with Crippen molar-refractivity contribution in [1.29, 1.82) is 0 Å². The summed E-state index contributed by atoms with van der Waals surface area (Å²) >= 11 is 4.99. The van der Waals surface area contributed by atoms with Crippen molar-refractivity contribution in [3.63, 3.8) is 0 Å². The van der Waals surface area contributed by atoms with Gasteiger partial charge in [0.25, 0.3) is 0 Å². The number of hydrogen-bond acceptors (Lipinski definition) is 9. The van der Waals surface area contributed by atoms with E-state index in [2.05, 4.69) is 4.98 Å². The SMILES string of the molecule is [2H]C([2H])(O[P@](=O)(C[C@@H](C)C(=O)OC(C)C)Oc1ccccc1)[C@@H]1O[C@H](n2cc(C)c(=S)[nH]c2=O)[C@H](F)C1O. The first-order chi connectivity index (χ1) is 17.6. The Bertz CT molecular complexity index is 1310. The van der Waals surface area contributed by atoms with Crippen LogP contribution >= 0.6 is 19.8 Å². The van der Waals surface area contributed by atoms with Crippen molar-refractivity contribution < 1.29 is 40.1 Å². The molecule has 0 bridgehead atoms. The minimum absolute atomic E-state index is 0.0618. The number of hydrogen-bond donors (Lipinski definition) is 2. The van der Waals surface area contributed by atoms with Crippen LogP contribution in [0.5, 0.6) is 5.75 Å². The number of para-hydroxylation sites is 1. The van der Waals surface area contributed by atoms with E-state index in [-0.39, 0.29) is 10.4 Å². The minimum atomic E-state index is -4.51. The summed E-state index contributed by atoms with van der Waals surface area (Å²) < 4.78 is 68.1. The molecule has 0 saturated carbocycles. The number of aryl methyl sites for hydroxylation is 1. The van der Waals surface area contributed by atoms with Crippen LogP contribution in [-0.4, -0.2) is 57.8 Å². The van der Waals surface area contributed by atoms with E-state index in [4.69, 9.17) is 33.5 Å². The van der Waals surface area contributed by atoms with Gasteiger partial charge < -0.3 is 19.1 Å². The Hall–Kier alpha value is -2.37. The molecule has 1 aliphatic rings. The van der Waals surface area contributed by atoms with E-state index in [1.165, 1.54) is 25.3 Å². The summed E-state index contributed by atoms with van der Waals surface area (Å²) in [4.78, 5) is 27.1. The minimum Gasteiger partial charge on any atom is -0.463 e. The number of aliphatic hydroxyl groups excluding tert-OH is 1. The van der Waals surface area contributed by atoms with Crippen LogP contribution in [-0.2, 0) is 23.4 Å². The van der Waals surface area contributed by atoms with Gasteiger partial charge >= 0.3 is 19.3 Å². The van der Waals surface area contributed by atoms with Gasteiger partial charge in [0.05, 0.1) is 27.5 Å². The molecular formula is C23H30FN2O8PS. The maximum absolute atomic E-state index is 15.1. The van der Waals surface area contributed by atoms with Crippen molar-refractivity contribution in [1.82, 2.24) is 9.55 Å². The van der Waals surface area contributed by atoms with Gasteiger partial charge in [-0.2, -0.15) is 0 Å². The number of nitrogens with one attached hydrogen (secondary N) is 1. The fourth-order valence-electron chi connectivity index (χ4n) is 3.36. The molecule has 0 radical (unpaired) electrons. The Kier molecular flexibility index (Phi) is 8.28. The predicted molar refractivity (Wildman–Crippen MR) is 131 cm³/mol. The summed E-state index contributed by atoms with van der Waals surface area (Å²) in [5, 5.41) is 10.5. The van der Waals surface area contributed by atoms with Crippen molar-refractivity contribution in [2.45, 2.75) is 58.4 Å². The van der Waals surface area contributed by atoms with Gasteiger partial charge in [0, 0.05) is 11.8 Å². The predicted octanol–water partition coefficient (Wildman–Crippen LogP) is 3.69. The third-order valence-corrected chi connectivity index (χ3v) is 7.45. The van der Waals surface area contributed by atoms with E-state index in [1.54, 1.807) is 39.0 Å². The van der Waals surface area contributed by atoms with Crippen molar-refractivity contribution in [2.24, 2.45) is 5.92 Å². The summed E-state index contributed by atoms with van der Waals surface area (Å²) in [7, 11) is -4.51. The molecule has 1 saturated heterocycles. The first-order valence-electron chi connectivity index (χ1n) is 12.2. The molecule has 1 aromatic carbocycles.